The van der Waals surface area contributed by atoms with E-state index in [0.29, 0.717) is 13.1 Å². The monoisotopic (exact) mass is 239 g/mol. The van der Waals surface area contributed by atoms with E-state index in [-0.39, 0.29) is 11.3 Å². The zero-order valence-corrected chi connectivity index (χ0v) is 10.3. The summed E-state index contributed by atoms with van der Waals surface area (Å²) < 4.78 is 0. The first-order chi connectivity index (χ1) is 7.66. The molecule has 0 saturated heterocycles. The van der Waals surface area contributed by atoms with Gasteiger partial charge in [-0.15, -0.1) is 11.3 Å². The van der Waals surface area contributed by atoms with Crippen LogP contribution in [0.2, 0.25) is 0 Å². The van der Waals surface area contributed by atoms with Gasteiger partial charge < -0.3 is 11.1 Å². The van der Waals surface area contributed by atoms with Crippen LogP contribution in [0, 0.1) is 12.3 Å². The predicted molar refractivity (Wildman–Crippen MR) is 64.3 cm³/mol. The van der Waals surface area contributed by atoms with Crippen molar-refractivity contribution in [1.29, 1.82) is 0 Å². The molecule has 3 N–H and O–H groups in total. The van der Waals surface area contributed by atoms with E-state index in [0.717, 1.165) is 30.0 Å². The van der Waals surface area contributed by atoms with Crippen molar-refractivity contribution in [3.8, 4) is 0 Å². The number of nitrogens with one attached hydrogen (secondary N) is 1. The molecule has 5 heteroatoms. The standard InChI is InChI=1S/C11H17N3OS/c1-8-6-16-9(14-8)2-5-13-10(15)11(7-12)3-4-11/h6H,2-5,7,12H2,1H3,(H,13,15). The Morgan fingerprint density at radius 3 is 2.94 bits per heavy atom. The van der Waals surface area contributed by atoms with Crippen LogP contribution in [-0.4, -0.2) is 24.0 Å². The normalized spacial score (nSPS) is 17.1. The van der Waals surface area contributed by atoms with Crippen molar-refractivity contribution in [1.82, 2.24) is 10.3 Å². The molecule has 1 aromatic rings. The van der Waals surface area contributed by atoms with Gasteiger partial charge in [0.2, 0.25) is 5.91 Å². The number of nitrogens with two attached hydrogens (primary N) is 1. The molecule has 1 aromatic heterocycles. The van der Waals surface area contributed by atoms with E-state index in [1.165, 1.54) is 0 Å². The average molecular weight is 239 g/mol. The molecule has 16 heavy (non-hydrogen) atoms. The highest BCUT2D eigenvalue weighted by molar-refractivity contribution is 7.09. The molecule has 0 radical (unpaired) electrons. The van der Waals surface area contributed by atoms with Gasteiger partial charge in [0, 0.05) is 30.6 Å². The molecule has 1 aliphatic rings. The zero-order chi connectivity index (χ0) is 11.6. The molecule has 1 saturated carbocycles. The van der Waals surface area contributed by atoms with Crippen molar-refractivity contribution in [2.24, 2.45) is 11.1 Å². The topological polar surface area (TPSA) is 68.0 Å². The Bertz CT molecular complexity index is 384. The highest BCUT2D eigenvalue weighted by Crippen LogP contribution is 2.44. The lowest BCUT2D eigenvalue weighted by atomic mass is 10.1. The van der Waals surface area contributed by atoms with E-state index in [2.05, 4.69) is 10.3 Å². The van der Waals surface area contributed by atoms with Gasteiger partial charge in [0.05, 0.1) is 10.4 Å². The molecule has 1 heterocycles. The molecule has 1 amide bonds. The Morgan fingerprint density at radius 1 is 1.69 bits per heavy atom. The van der Waals surface area contributed by atoms with Crippen LogP contribution in [0.5, 0.6) is 0 Å². The first-order valence-electron chi connectivity index (χ1n) is 5.56. The number of nitrogens with zero attached hydrogens (tertiary/aromatic N) is 1. The van der Waals surface area contributed by atoms with Crippen molar-refractivity contribution in [2.45, 2.75) is 26.2 Å². The molecule has 88 valence electrons. The number of carbonyl (C=O) groups excluding carboxylic acids is 1. The quantitative estimate of drug-likeness (QED) is 0.800. The van der Waals surface area contributed by atoms with Crippen LogP contribution < -0.4 is 11.1 Å². The summed E-state index contributed by atoms with van der Waals surface area (Å²) in [6, 6.07) is 0. The Labute approximate surface area is 99.3 Å². The average Bonchev–Trinajstić information content (AvgIpc) is 2.98. The number of thiazole rings is 1. The van der Waals surface area contributed by atoms with E-state index in [1.807, 2.05) is 12.3 Å². The van der Waals surface area contributed by atoms with Gasteiger partial charge in [-0.3, -0.25) is 4.79 Å². The van der Waals surface area contributed by atoms with Gasteiger partial charge in [0.15, 0.2) is 0 Å². The first kappa shape index (κ1) is 11.5. The third-order valence-electron chi connectivity index (χ3n) is 3.02. The summed E-state index contributed by atoms with van der Waals surface area (Å²) in [6.45, 7) is 3.11. The smallest absolute Gasteiger partial charge is 0.227 e. The minimum absolute atomic E-state index is 0.114. The summed E-state index contributed by atoms with van der Waals surface area (Å²) in [4.78, 5) is 16.1. The molecule has 0 bridgehead atoms. The molecule has 4 nitrogen and oxygen atoms in total. The van der Waals surface area contributed by atoms with Crippen molar-refractivity contribution in [2.75, 3.05) is 13.1 Å². The van der Waals surface area contributed by atoms with Crippen molar-refractivity contribution in [3.63, 3.8) is 0 Å². The number of aromatic nitrogens is 1. The van der Waals surface area contributed by atoms with Crippen LogP contribution in [0.1, 0.15) is 23.5 Å². The highest BCUT2D eigenvalue weighted by atomic mass is 32.1. The number of hydrogen-bond acceptors (Lipinski definition) is 4. The molecule has 1 aliphatic carbocycles. The second kappa shape index (κ2) is 4.51. The largest absolute Gasteiger partial charge is 0.355 e. The minimum atomic E-state index is -0.237. The number of carbonyl (C=O) groups is 1. The van der Waals surface area contributed by atoms with E-state index in [4.69, 9.17) is 5.73 Å². The van der Waals surface area contributed by atoms with Crippen LogP contribution in [0.15, 0.2) is 5.38 Å². The summed E-state index contributed by atoms with van der Waals surface area (Å²) in [6.07, 6.45) is 2.68. The molecule has 0 unspecified atom stereocenters. The summed E-state index contributed by atoms with van der Waals surface area (Å²) in [7, 11) is 0. The van der Waals surface area contributed by atoms with Crippen LogP contribution in [0.25, 0.3) is 0 Å². The van der Waals surface area contributed by atoms with Gasteiger partial charge in [-0.2, -0.15) is 0 Å². The van der Waals surface area contributed by atoms with Crippen molar-refractivity contribution in [3.05, 3.63) is 16.1 Å². The van der Waals surface area contributed by atoms with Crippen LogP contribution >= 0.6 is 11.3 Å². The fourth-order valence-electron chi connectivity index (χ4n) is 1.66. The molecular weight excluding hydrogens is 222 g/mol. The fraction of sp³-hybridized carbons (Fsp3) is 0.636. The molecule has 2 rings (SSSR count). The van der Waals surface area contributed by atoms with Crippen molar-refractivity contribution < 1.29 is 4.79 Å². The SMILES string of the molecule is Cc1csc(CCNC(=O)C2(CN)CC2)n1. The second-order valence-corrected chi connectivity index (χ2v) is 5.32. The lowest BCUT2D eigenvalue weighted by Gasteiger charge is -2.11. The summed E-state index contributed by atoms with van der Waals surface area (Å²) >= 11 is 1.64. The second-order valence-electron chi connectivity index (χ2n) is 4.37. The summed E-state index contributed by atoms with van der Waals surface area (Å²) in [5, 5.41) is 6.05. The van der Waals surface area contributed by atoms with E-state index in [9.17, 15) is 4.79 Å². The Balaban J connectivity index is 1.74. The fourth-order valence-corrected chi connectivity index (χ4v) is 2.44. The van der Waals surface area contributed by atoms with Gasteiger partial charge in [0.25, 0.3) is 0 Å². The number of hydrogen-bond donors (Lipinski definition) is 2. The lowest BCUT2D eigenvalue weighted by molar-refractivity contribution is -0.125. The molecule has 0 aliphatic heterocycles. The molecular formula is C11H17N3OS. The van der Waals surface area contributed by atoms with E-state index in [1.54, 1.807) is 11.3 Å². The van der Waals surface area contributed by atoms with E-state index >= 15 is 0 Å². The summed E-state index contributed by atoms with van der Waals surface area (Å²) in [5.74, 6) is 0.114. The number of amides is 1. The predicted octanol–water partition coefficient (Wildman–Crippen LogP) is 0.849. The van der Waals surface area contributed by atoms with Crippen LogP contribution in [0.3, 0.4) is 0 Å². The number of rotatable bonds is 5. The van der Waals surface area contributed by atoms with Gasteiger partial charge in [-0.1, -0.05) is 0 Å². The molecule has 0 atom stereocenters. The van der Waals surface area contributed by atoms with Gasteiger partial charge in [0.1, 0.15) is 0 Å². The zero-order valence-electron chi connectivity index (χ0n) is 9.45. The maximum Gasteiger partial charge on any atom is 0.227 e. The maximum atomic E-state index is 11.7. The molecule has 0 aromatic carbocycles. The maximum absolute atomic E-state index is 11.7. The molecule has 1 fully saturated rings. The third kappa shape index (κ3) is 2.41. The van der Waals surface area contributed by atoms with E-state index < -0.39 is 0 Å². The van der Waals surface area contributed by atoms with Crippen molar-refractivity contribution >= 4 is 17.2 Å². The Hall–Kier alpha value is -0.940. The number of aryl methyl sites for hydroxylation is 1. The summed E-state index contributed by atoms with van der Waals surface area (Å²) in [5.41, 5.74) is 6.40. The van der Waals surface area contributed by atoms with Crippen LogP contribution in [-0.2, 0) is 11.2 Å². The van der Waals surface area contributed by atoms with Gasteiger partial charge in [-0.05, 0) is 19.8 Å². The van der Waals surface area contributed by atoms with Gasteiger partial charge >= 0.3 is 0 Å². The Morgan fingerprint density at radius 2 is 2.44 bits per heavy atom. The Kier molecular flexibility index (Phi) is 3.25. The lowest BCUT2D eigenvalue weighted by Crippen LogP contribution is -2.37. The third-order valence-corrected chi connectivity index (χ3v) is 4.04. The first-order valence-corrected chi connectivity index (χ1v) is 6.44. The minimum Gasteiger partial charge on any atom is -0.355 e. The highest BCUT2D eigenvalue weighted by Gasteiger charge is 2.48. The van der Waals surface area contributed by atoms with Gasteiger partial charge in [-0.25, -0.2) is 4.98 Å². The van der Waals surface area contributed by atoms with Crippen LogP contribution in [0.4, 0.5) is 0 Å². The molecule has 0 spiro atoms.